The molecule has 2 aromatic heterocycles. The molecule has 3 nitrogen and oxygen atoms in total. The average molecular weight is 326 g/mol. The average Bonchev–Trinajstić information content (AvgIpc) is 2.78. The van der Waals surface area contributed by atoms with Crippen LogP contribution in [-0.4, -0.2) is 16.5 Å². The Morgan fingerprint density at radius 3 is 2.94 bits per heavy atom. The van der Waals surface area contributed by atoms with Crippen LogP contribution < -0.4 is 5.32 Å². The molecule has 0 amide bonds. The Morgan fingerprint density at radius 1 is 1.44 bits per heavy atom. The van der Waals surface area contributed by atoms with Gasteiger partial charge in [0.15, 0.2) is 5.82 Å². The molecule has 18 heavy (non-hydrogen) atoms. The van der Waals surface area contributed by atoms with Crippen molar-refractivity contribution in [1.29, 1.82) is 0 Å². The van der Waals surface area contributed by atoms with Gasteiger partial charge in [-0.25, -0.2) is 9.97 Å². The molecule has 0 aliphatic rings. The monoisotopic (exact) mass is 325 g/mol. The van der Waals surface area contributed by atoms with Crippen molar-refractivity contribution in [2.45, 2.75) is 26.8 Å². The summed E-state index contributed by atoms with van der Waals surface area (Å²) < 4.78 is 1.08. The SMILES string of the molecule is CCCNCc1nc(-c2cc(Br)cs2)ncc1C. The molecule has 5 heteroatoms. The van der Waals surface area contributed by atoms with Crippen molar-refractivity contribution >= 4 is 27.3 Å². The molecule has 2 aromatic rings. The molecular formula is C13H16BrN3S. The van der Waals surface area contributed by atoms with Crippen LogP contribution in [0.4, 0.5) is 0 Å². The molecule has 0 aliphatic heterocycles. The van der Waals surface area contributed by atoms with Gasteiger partial charge in [-0.3, -0.25) is 0 Å². The van der Waals surface area contributed by atoms with Crippen LogP contribution in [0.2, 0.25) is 0 Å². The molecule has 0 atom stereocenters. The predicted octanol–water partition coefficient (Wildman–Crippen LogP) is 3.78. The van der Waals surface area contributed by atoms with Crippen LogP contribution in [0.25, 0.3) is 10.7 Å². The van der Waals surface area contributed by atoms with E-state index in [1.807, 2.05) is 11.6 Å². The summed E-state index contributed by atoms with van der Waals surface area (Å²) >= 11 is 5.11. The largest absolute Gasteiger partial charge is 0.311 e. The molecule has 0 saturated heterocycles. The fraction of sp³-hybridized carbons (Fsp3) is 0.385. The molecule has 0 radical (unpaired) electrons. The highest BCUT2D eigenvalue weighted by Crippen LogP contribution is 2.27. The summed E-state index contributed by atoms with van der Waals surface area (Å²) in [4.78, 5) is 10.1. The van der Waals surface area contributed by atoms with Crippen molar-refractivity contribution < 1.29 is 0 Å². The lowest BCUT2D eigenvalue weighted by atomic mass is 10.2. The second kappa shape index (κ2) is 6.41. The van der Waals surface area contributed by atoms with Gasteiger partial charge >= 0.3 is 0 Å². The third-order valence-corrected chi connectivity index (χ3v) is 4.27. The van der Waals surface area contributed by atoms with Crippen molar-refractivity contribution in [1.82, 2.24) is 15.3 Å². The lowest BCUT2D eigenvalue weighted by Crippen LogP contribution is -2.16. The summed E-state index contributed by atoms with van der Waals surface area (Å²) in [7, 11) is 0. The zero-order valence-corrected chi connectivity index (χ0v) is 12.9. The van der Waals surface area contributed by atoms with E-state index in [-0.39, 0.29) is 0 Å². The number of hydrogen-bond acceptors (Lipinski definition) is 4. The molecule has 0 aliphatic carbocycles. The van der Waals surface area contributed by atoms with E-state index in [2.05, 4.69) is 51.1 Å². The lowest BCUT2D eigenvalue weighted by molar-refractivity contribution is 0.660. The van der Waals surface area contributed by atoms with E-state index in [0.29, 0.717) is 0 Å². The van der Waals surface area contributed by atoms with E-state index >= 15 is 0 Å². The van der Waals surface area contributed by atoms with Crippen LogP contribution in [0.5, 0.6) is 0 Å². The van der Waals surface area contributed by atoms with Gasteiger partial charge in [0.05, 0.1) is 10.6 Å². The van der Waals surface area contributed by atoms with Gasteiger partial charge in [-0.05, 0) is 47.4 Å². The number of rotatable bonds is 5. The topological polar surface area (TPSA) is 37.8 Å². The first-order chi connectivity index (χ1) is 8.70. The molecule has 96 valence electrons. The van der Waals surface area contributed by atoms with E-state index in [1.54, 1.807) is 11.3 Å². The maximum Gasteiger partial charge on any atom is 0.169 e. The van der Waals surface area contributed by atoms with Crippen molar-refractivity contribution in [2.75, 3.05) is 6.54 Å². The van der Waals surface area contributed by atoms with Gasteiger partial charge in [-0.15, -0.1) is 11.3 Å². The minimum atomic E-state index is 0.807. The molecule has 0 aromatic carbocycles. The third kappa shape index (κ3) is 3.37. The minimum Gasteiger partial charge on any atom is -0.311 e. The van der Waals surface area contributed by atoms with E-state index < -0.39 is 0 Å². The minimum absolute atomic E-state index is 0.807. The number of nitrogens with one attached hydrogen (secondary N) is 1. The van der Waals surface area contributed by atoms with Crippen LogP contribution in [0.3, 0.4) is 0 Å². The summed E-state index contributed by atoms with van der Waals surface area (Å²) in [6.07, 6.45) is 3.04. The molecule has 1 N–H and O–H groups in total. The highest BCUT2D eigenvalue weighted by atomic mass is 79.9. The Labute approximate surface area is 120 Å². The molecule has 2 heterocycles. The number of halogens is 1. The number of hydrogen-bond donors (Lipinski definition) is 1. The summed E-state index contributed by atoms with van der Waals surface area (Å²) in [5.41, 5.74) is 2.22. The molecule has 0 unspecified atom stereocenters. The van der Waals surface area contributed by atoms with E-state index in [4.69, 9.17) is 0 Å². The van der Waals surface area contributed by atoms with Gasteiger partial charge in [0.1, 0.15) is 0 Å². The standard InChI is InChI=1S/C13H16BrN3S/c1-3-4-15-7-11-9(2)6-16-13(17-11)12-5-10(14)8-18-12/h5-6,8,15H,3-4,7H2,1-2H3. The summed E-state index contributed by atoms with van der Waals surface area (Å²) in [6.45, 7) is 6.04. The number of aryl methyl sites for hydroxylation is 1. The van der Waals surface area contributed by atoms with Gasteiger partial charge in [-0.1, -0.05) is 6.92 Å². The fourth-order valence-corrected chi connectivity index (χ4v) is 2.96. The predicted molar refractivity (Wildman–Crippen MR) is 79.8 cm³/mol. The number of thiophene rings is 1. The Morgan fingerprint density at radius 2 is 2.28 bits per heavy atom. The molecule has 0 saturated carbocycles. The maximum absolute atomic E-state index is 4.64. The molecule has 2 rings (SSSR count). The van der Waals surface area contributed by atoms with Crippen LogP contribution in [0, 0.1) is 6.92 Å². The highest BCUT2D eigenvalue weighted by molar-refractivity contribution is 9.10. The van der Waals surface area contributed by atoms with Crippen molar-refractivity contribution in [3.8, 4) is 10.7 Å². The Balaban J connectivity index is 2.20. The van der Waals surface area contributed by atoms with Crippen molar-refractivity contribution in [3.05, 3.63) is 33.4 Å². The van der Waals surface area contributed by atoms with Gasteiger partial charge in [0.2, 0.25) is 0 Å². The molecule has 0 bridgehead atoms. The first-order valence-corrected chi connectivity index (χ1v) is 7.65. The fourth-order valence-electron chi connectivity index (χ4n) is 1.59. The van der Waals surface area contributed by atoms with Gasteiger partial charge in [0, 0.05) is 22.6 Å². The van der Waals surface area contributed by atoms with Crippen molar-refractivity contribution in [2.24, 2.45) is 0 Å². The third-order valence-electron chi connectivity index (χ3n) is 2.58. The van der Waals surface area contributed by atoms with E-state index in [9.17, 15) is 0 Å². The summed E-state index contributed by atoms with van der Waals surface area (Å²) in [6, 6.07) is 2.05. The first kappa shape index (κ1) is 13.6. The van der Waals surface area contributed by atoms with Crippen LogP contribution >= 0.6 is 27.3 Å². The molecular weight excluding hydrogens is 310 g/mol. The van der Waals surface area contributed by atoms with E-state index in [1.165, 1.54) is 0 Å². The smallest absolute Gasteiger partial charge is 0.169 e. The lowest BCUT2D eigenvalue weighted by Gasteiger charge is -2.07. The number of aromatic nitrogens is 2. The Hall–Kier alpha value is -0.780. The van der Waals surface area contributed by atoms with Crippen LogP contribution in [-0.2, 0) is 6.54 Å². The van der Waals surface area contributed by atoms with E-state index in [0.717, 1.165) is 45.9 Å². The number of nitrogens with zero attached hydrogens (tertiary/aromatic N) is 2. The first-order valence-electron chi connectivity index (χ1n) is 5.98. The Bertz CT molecular complexity index is 525. The zero-order chi connectivity index (χ0) is 13.0. The Kier molecular flexibility index (Phi) is 4.86. The maximum atomic E-state index is 4.64. The second-order valence-corrected chi connectivity index (χ2v) is 5.96. The second-order valence-electron chi connectivity index (χ2n) is 4.13. The van der Waals surface area contributed by atoms with Crippen molar-refractivity contribution in [3.63, 3.8) is 0 Å². The van der Waals surface area contributed by atoms with Gasteiger partial charge in [0.25, 0.3) is 0 Å². The van der Waals surface area contributed by atoms with Gasteiger partial charge in [-0.2, -0.15) is 0 Å². The van der Waals surface area contributed by atoms with Crippen LogP contribution in [0.1, 0.15) is 24.6 Å². The quantitative estimate of drug-likeness (QED) is 0.850. The zero-order valence-electron chi connectivity index (χ0n) is 10.5. The highest BCUT2D eigenvalue weighted by Gasteiger charge is 2.07. The summed E-state index contributed by atoms with van der Waals surface area (Å²) in [5.74, 6) is 0.810. The molecule has 0 fully saturated rings. The van der Waals surface area contributed by atoms with Crippen LogP contribution in [0.15, 0.2) is 22.1 Å². The summed E-state index contributed by atoms with van der Waals surface area (Å²) in [5, 5.41) is 5.43. The molecule has 0 spiro atoms. The normalized spacial score (nSPS) is 10.8. The van der Waals surface area contributed by atoms with Gasteiger partial charge < -0.3 is 5.32 Å².